The van der Waals surface area contributed by atoms with Crippen molar-refractivity contribution in [1.82, 2.24) is 14.9 Å². The first-order chi connectivity index (χ1) is 11.3. The van der Waals surface area contributed by atoms with Crippen molar-refractivity contribution in [1.29, 1.82) is 0 Å². The molecule has 2 N–H and O–H groups in total. The molecule has 1 aliphatic carbocycles. The van der Waals surface area contributed by atoms with E-state index in [0.29, 0.717) is 17.7 Å². The van der Waals surface area contributed by atoms with Crippen LogP contribution in [0.2, 0.25) is 0 Å². The molecule has 1 aliphatic rings. The first-order valence-corrected chi connectivity index (χ1v) is 7.93. The van der Waals surface area contributed by atoms with E-state index in [-0.39, 0.29) is 12.5 Å². The van der Waals surface area contributed by atoms with Gasteiger partial charge < -0.3 is 15.2 Å². The number of carbonyl (C=O) groups is 2. The number of amides is 1. The smallest absolute Gasteiger partial charge is 0.330 e. The molecule has 0 saturated heterocycles. The predicted molar refractivity (Wildman–Crippen MR) is 86.8 cm³/mol. The summed E-state index contributed by atoms with van der Waals surface area (Å²) in [5, 5.41) is 16.6. The van der Waals surface area contributed by atoms with Crippen LogP contribution in [0.4, 0.5) is 0 Å². The molecule has 2 aromatic heterocycles. The van der Waals surface area contributed by atoms with E-state index in [1.54, 1.807) is 36.7 Å². The Morgan fingerprint density at radius 2 is 2.21 bits per heavy atom. The highest BCUT2D eigenvalue weighted by Gasteiger charge is 2.66. The summed E-state index contributed by atoms with van der Waals surface area (Å²) in [6.45, 7) is 5.99. The average molecular weight is 331 g/mol. The largest absolute Gasteiger partial charge is 0.479 e. The molecule has 7 nitrogen and oxygen atoms in total. The van der Waals surface area contributed by atoms with E-state index >= 15 is 0 Å². The third-order valence-electron chi connectivity index (χ3n) is 5.13. The van der Waals surface area contributed by atoms with Gasteiger partial charge in [0.25, 0.3) is 5.91 Å². The van der Waals surface area contributed by atoms with Crippen LogP contribution in [0.15, 0.2) is 30.6 Å². The van der Waals surface area contributed by atoms with Crippen molar-refractivity contribution in [3.63, 3.8) is 0 Å². The second-order valence-electron chi connectivity index (χ2n) is 6.62. The van der Waals surface area contributed by atoms with Gasteiger partial charge in [-0.2, -0.15) is 5.10 Å². The fraction of sp³-hybridized carbons (Fsp3) is 0.471. The SMILES string of the molecule is CCO[C@H]1C[C@](NC(=O)c2cnn3ccccc23)(C(=O)O)C1(C)C. The van der Waals surface area contributed by atoms with Gasteiger partial charge in [0, 0.05) is 24.6 Å². The van der Waals surface area contributed by atoms with Crippen molar-refractivity contribution in [2.45, 2.75) is 38.8 Å². The van der Waals surface area contributed by atoms with Crippen LogP contribution in [-0.2, 0) is 9.53 Å². The number of ether oxygens (including phenoxy) is 1. The molecule has 2 aromatic rings. The fourth-order valence-electron chi connectivity index (χ4n) is 3.41. The maximum Gasteiger partial charge on any atom is 0.330 e. The zero-order valence-corrected chi connectivity index (χ0v) is 13.9. The van der Waals surface area contributed by atoms with Gasteiger partial charge in [-0.25, -0.2) is 9.31 Å². The Kier molecular flexibility index (Phi) is 3.83. The molecule has 0 aromatic carbocycles. The van der Waals surface area contributed by atoms with E-state index in [2.05, 4.69) is 10.4 Å². The molecule has 7 heteroatoms. The average Bonchev–Trinajstić information content (AvgIpc) is 2.97. The lowest BCUT2D eigenvalue weighted by Gasteiger charge is -2.58. The number of carboxylic acid groups (broad SMARTS) is 1. The van der Waals surface area contributed by atoms with E-state index in [4.69, 9.17) is 4.74 Å². The highest BCUT2D eigenvalue weighted by Crippen LogP contribution is 2.51. The number of hydrogen-bond donors (Lipinski definition) is 2. The third-order valence-corrected chi connectivity index (χ3v) is 5.13. The lowest BCUT2D eigenvalue weighted by atomic mass is 9.54. The van der Waals surface area contributed by atoms with Crippen molar-refractivity contribution in [3.05, 3.63) is 36.2 Å². The molecule has 0 bridgehead atoms. The fourth-order valence-corrected chi connectivity index (χ4v) is 3.41. The topological polar surface area (TPSA) is 92.9 Å². The van der Waals surface area contributed by atoms with Gasteiger partial charge in [0.1, 0.15) is 5.54 Å². The molecule has 24 heavy (non-hydrogen) atoms. The standard InChI is InChI=1S/C17H21N3O4/c1-4-24-13-9-17(15(22)23,16(13,2)3)19-14(21)11-10-18-20-8-6-5-7-12(11)20/h5-8,10,13H,4,9H2,1-3H3,(H,19,21)(H,22,23)/t13-,17-/m0/s1. The van der Waals surface area contributed by atoms with Crippen molar-refractivity contribution >= 4 is 17.4 Å². The van der Waals surface area contributed by atoms with Crippen LogP contribution >= 0.6 is 0 Å². The Balaban J connectivity index is 1.90. The molecule has 0 spiro atoms. The summed E-state index contributed by atoms with van der Waals surface area (Å²) in [6.07, 6.45) is 3.22. The maximum atomic E-state index is 12.7. The van der Waals surface area contributed by atoms with Crippen molar-refractivity contribution in [2.75, 3.05) is 6.61 Å². The Morgan fingerprint density at radius 3 is 2.83 bits per heavy atom. The van der Waals surface area contributed by atoms with Gasteiger partial charge in [-0.1, -0.05) is 19.9 Å². The summed E-state index contributed by atoms with van der Waals surface area (Å²) in [5.74, 6) is -1.49. The number of aromatic nitrogens is 2. The minimum Gasteiger partial charge on any atom is -0.479 e. The minimum atomic E-state index is -1.35. The van der Waals surface area contributed by atoms with E-state index in [1.807, 2.05) is 13.0 Å². The monoisotopic (exact) mass is 331 g/mol. The van der Waals surface area contributed by atoms with E-state index in [1.165, 1.54) is 6.20 Å². The molecule has 0 unspecified atom stereocenters. The molecule has 128 valence electrons. The summed E-state index contributed by atoms with van der Waals surface area (Å²) >= 11 is 0. The molecule has 1 amide bonds. The summed E-state index contributed by atoms with van der Waals surface area (Å²) in [5.41, 5.74) is -1.08. The quantitative estimate of drug-likeness (QED) is 0.870. The van der Waals surface area contributed by atoms with E-state index in [0.717, 1.165) is 0 Å². The molecule has 2 atom stereocenters. The molecular weight excluding hydrogens is 310 g/mol. The first kappa shape index (κ1) is 16.4. The Bertz CT molecular complexity index is 798. The van der Waals surface area contributed by atoms with E-state index in [9.17, 15) is 14.7 Å². The highest BCUT2D eigenvalue weighted by atomic mass is 16.5. The lowest BCUT2D eigenvalue weighted by Crippen LogP contribution is -2.76. The highest BCUT2D eigenvalue weighted by molar-refractivity contribution is 6.03. The second-order valence-corrected chi connectivity index (χ2v) is 6.62. The van der Waals surface area contributed by atoms with Crippen LogP contribution in [0.5, 0.6) is 0 Å². The van der Waals surface area contributed by atoms with Crippen LogP contribution in [0.3, 0.4) is 0 Å². The number of pyridine rings is 1. The number of aliphatic carboxylic acids is 1. The summed E-state index contributed by atoms with van der Waals surface area (Å²) < 4.78 is 7.19. The zero-order chi connectivity index (χ0) is 17.5. The van der Waals surface area contributed by atoms with Crippen LogP contribution in [0, 0.1) is 5.41 Å². The van der Waals surface area contributed by atoms with Gasteiger partial charge in [-0.15, -0.1) is 0 Å². The maximum absolute atomic E-state index is 12.7. The predicted octanol–water partition coefficient (Wildman–Crippen LogP) is 1.72. The molecule has 0 radical (unpaired) electrons. The van der Waals surface area contributed by atoms with E-state index < -0.39 is 22.8 Å². The summed E-state index contributed by atoms with van der Waals surface area (Å²) in [7, 11) is 0. The molecule has 1 fully saturated rings. The van der Waals surface area contributed by atoms with Crippen molar-refractivity contribution in [3.8, 4) is 0 Å². The molecular formula is C17H21N3O4. The van der Waals surface area contributed by atoms with Crippen LogP contribution < -0.4 is 5.32 Å². The summed E-state index contributed by atoms with van der Waals surface area (Å²) in [6, 6.07) is 5.38. The molecule has 3 rings (SSSR count). The molecule has 0 aliphatic heterocycles. The Labute approximate surface area is 139 Å². The number of carbonyl (C=O) groups excluding carboxylic acids is 1. The van der Waals surface area contributed by atoms with Crippen LogP contribution in [-0.4, -0.2) is 44.8 Å². The zero-order valence-electron chi connectivity index (χ0n) is 13.9. The molecule has 2 heterocycles. The number of hydrogen-bond acceptors (Lipinski definition) is 4. The van der Waals surface area contributed by atoms with Gasteiger partial charge in [-0.3, -0.25) is 4.79 Å². The van der Waals surface area contributed by atoms with Gasteiger partial charge in [-0.05, 0) is 19.1 Å². The summed E-state index contributed by atoms with van der Waals surface area (Å²) in [4.78, 5) is 24.7. The molecule has 1 saturated carbocycles. The van der Waals surface area contributed by atoms with Gasteiger partial charge in [0.2, 0.25) is 0 Å². The van der Waals surface area contributed by atoms with Gasteiger partial charge in [0.15, 0.2) is 0 Å². The number of carboxylic acids is 1. The van der Waals surface area contributed by atoms with Gasteiger partial charge in [0.05, 0.1) is 23.4 Å². The van der Waals surface area contributed by atoms with Gasteiger partial charge >= 0.3 is 5.97 Å². The number of nitrogens with zero attached hydrogens (tertiary/aromatic N) is 2. The minimum absolute atomic E-state index is 0.206. The Morgan fingerprint density at radius 1 is 1.46 bits per heavy atom. The van der Waals surface area contributed by atoms with Crippen molar-refractivity contribution < 1.29 is 19.4 Å². The van der Waals surface area contributed by atoms with Crippen LogP contribution in [0.25, 0.3) is 5.52 Å². The normalized spacial score (nSPS) is 25.2. The number of fused-ring (bicyclic) bond motifs is 1. The number of rotatable bonds is 5. The lowest BCUT2D eigenvalue weighted by molar-refractivity contribution is -0.190. The second kappa shape index (κ2) is 5.59. The first-order valence-electron chi connectivity index (χ1n) is 7.93. The van der Waals surface area contributed by atoms with Crippen molar-refractivity contribution in [2.24, 2.45) is 5.41 Å². The third kappa shape index (κ3) is 2.19. The van der Waals surface area contributed by atoms with Crippen LogP contribution in [0.1, 0.15) is 37.6 Å². The number of nitrogens with one attached hydrogen (secondary N) is 1. The Hall–Kier alpha value is -2.41.